The third-order valence-corrected chi connectivity index (χ3v) is 4.41. The van der Waals surface area contributed by atoms with Crippen molar-refractivity contribution >= 4 is 5.91 Å². The van der Waals surface area contributed by atoms with Crippen LogP contribution in [-0.2, 0) is 0 Å². The van der Waals surface area contributed by atoms with Gasteiger partial charge in [-0.05, 0) is 64.0 Å². The van der Waals surface area contributed by atoms with Crippen LogP contribution in [0.2, 0.25) is 0 Å². The minimum Gasteiger partial charge on any atom is -0.463 e. The number of hydrogen-bond donors (Lipinski definition) is 1. The zero-order valence-corrected chi connectivity index (χ0v) is 13.9. The molecule has 0 aliphatic heterocycles. The number of furan rings is 1. The molecule has 5 nitrogen and oxygen atoms in total. The van der Waals surface area contributed by atoms with Gasteiger partial charge in [0.25, 0.3) is 5.91 Å². The topological polar surface area (TPSA) is 58.4 Å². The van der Waals surface area contributed by atoms with Gasteiger partial charge in [-0.3, -0.25) is 4.79 Å². The summed E-state index contributed by atoms with van der Waals surface area (Å²) in [6.45, 7) is 2.53. The summed E-state index contributed by atoms with van der Waals surface area (Å²) < 4.78 is 5.34. The molecule has 2 aromatic heterocycles. The smallest absolute Gasteiger partial charge is 0.253 e. The summed E-state index contributed by atoms with van der Waals surface area (Å²) in [7, 11) is 4.14. The molecule has 0 saturated heterocycles. The lowest BCUT2D eigenvalue weighted by atomic mass is 10.1. The Hall–Kier alpha value is -2.14. The molecule has 3 rings (SSSR count). The molecule has 1 aliphatic rings. The number of rotatable bonds is 6. The van der Waals surface area contributed by atoms with Gasteiger partial charge in [0.1, 0.15) is 5.69 Å². The molecule has 1 fully saturated rings. The van der Waals surface area contributed by atoms with Crippen LogP contribution in [0, 0.1) is 12.8 Å². The van der Waals surface area contributed by atoms with Gasteiger partial charge in [0.2, 0.25) is 0 Å². The first kappa shape index (κ1) is 15.7. The number of aryl methyl sites for hydroxylation is 1. The number of pyridine rings is 1. The van der Waals surface area contributed by atoms with Crippen molar-refractivity contribution in [2.75, 3.05) is 20.6 Å². The SMILES string of the molecule is Cc1nc(-c2ccco2)ccc1C(=O)NC[C@H](C1CC1)N(C)C. The van der Waals surface area contributed by atoms with Crippen molar-refractivity contribution in [2.45, 2.75) is 25.8 Å². The van der Waals surface area contributed by atoms with Gasteiger partial charge in [-0.15, -0.1) is 0 Å². The Morgan fingerprint density at radius 2 is 2.17 bits per heavy atom. The molecule has 1 N–H and O–H groups in total. The summed E-state index contributed by atoms with van der Waals surface area (Å²) in [4.78, 5) is 19.1. The van der Waals surface area contributed by atoms with E-state index < -0.39 is 0 Å². The summed E-state index contributed by atoms with van der Waals surface area (Å²) in [6, 6.07) is 7.74. The molecule has 1 saturated carbocycles. The van der Waals surface area contributed by atoms with Crippen LogP contribution < -0.4 is 5.32 Å². The van der Waals surface area contributed by atoms with E-state index in [4.69, 9.17) is 4.42 Å². The zero-order chi connectivity index (χ0) is 16.4. The number of aromatic nitrogens is 1. The van der Waals surface area contributed by atoms with Gasteiger partial charge in [0, 0.05) is 12.6 Å². The molecule has 2 aromatic rings. The van der Waals surface area contributed by atoms with E-state index in [2.05, 4.69) is 29.3 Å². The summed E-state index contributed by atoms with van der Waals surface area (Å²) >= 11 is 0. The maximum Gasteiger partial charge on any atom is 0.253 e. The van der Waals surface area contributed by atoms with Crippen LogP contribution in [0.25, 0.3) is 11.5 Å². The van der Waals surface area contributed by atoms with Crippen LogP contribution >= 0.6 is 0 Å². The maximum absolute atomic E-state index is 12.4. The predicted octanol–water partition coefficient (Wildman–Crippen LogP) is 2.72. The van der Waals surface area contributed by atoms with Crippen LogP contribution in [0.15, 0.2) is 34.9 Å². The van der Waals surface area contributed by atoms with Gasteiger partial charge in [0.15, 0.2) is 5.76 Å². The van der Waals surface area contributed by atoms with Gasteiger partial charge in [0.05, 0.1) is 17.5 Å². The quantitative estimate of drug-likeness (QED) is 0.891. The Bertz CT molecular complexity index is 674. The lowest BCUT2D eigenvalue weighted by Crippen LogP contribution is -2.41. The summed E-state index contributed by atoms with van der Waals surface area (Å²) in [6.07, 6.45) is 4.14. The first-order valence-corrected chi connectivity index (χ1v) is 8.02. The Balaban J connectivity index is 1.67. The van der Waals surface area contributed by atoms with Gasteiger partial charge >= 0.3 is 0 Å². The fourth-order valence-electron chi connectivity index (χ4n) is 2.91. The molecule has 0 spiro atoms. The van der Waals surface area contributed by atoms with Crippen molar-refractivity contribution < 1.29 is 9.21 Å². The summed E-state index contributed by atoms with van der Waals surface area (Å²) in [5.74, 6) is 1.36. The molecule has 0 aromatic carbocycles. The second-order valence-corrected chi connectivity index (χ2v) is 6.39. The number of nitrogens with one attached hydrogen (secondary N) is 1. The van der Waals surface area contributed by atoms with Crippen LogP contribution in [0.4, 0.5) is 0 Å². The van der Waals surface area contributed by atoms with Crippen molar-refractivity contribution in [3.63, 3.8) is 0 Å². The molecule has 1 amide bonds. The van der Waals surface area contributed by atoms with Crippen molar-refractivity contribution in [1.82, 2.24) is 15.2 Å². The molecule has 23 heavy (non-hydrogen) atoms. The highest BCUT2D eigenvalue weighted by atomic mass is 16.3. The van der Waals surface area contributed by atoms with Crippen LogP contribution in [0.3, 0.4) is 0 Å². The second-order valence-electron chi connectivity index (χ2n) is 6.39. The number of amides is 1. The van der Waals surface area contributed by atoms with Crippen LogP contribution in [0.1, 0.15) is 28.9 Å². The minimum absolute atomic E-state index is 0.0616. The zero-order valence-electron chi connectivity index (χ0n) is 13.9. The first-order valence-electron chi connectivity index (χ1n) is 8.02. The van der Waals surface area contributed by atoms with Crippen LogP contribution in [-0.4, -0.2) is 42.5 Å². The third kappa shape index (κ3) is 3.62. The van der Waals surface area contributed by atoms with E-state index in [0.717, 1.165) is 5.69 Å². The molecule has 2 heterocycles. The van der Waals surface area contributed by atoms with E-state index in [1.807, 2.05) is 31.2 Å². The fraction of sp³-hybridized carbons (Fsp3) is 0.444. The van der Waals surface area contributed by atoms with Crippen LogP contribution in [0.5, 0.6) is 0 Å². The Kier molecular flexibility index (Phi) is 4.48. The number of likely N-dealkylation sites (N-methyl/N-ethyl adjacent to an activating group) is 1. The standard InChI is InChI=1S/C18H23N3O2/c1-12-14(8-9-15(20-12)17-5-4-10-23-17)18(22)19-11-16(21(2)3)13-6-7-13/h4-5,8-10,13,16H,6-7,11H2,1-3H3,(H,19,22)/t16-/m1/s1. The average Bonchev–Trinajstić information content (AvgIpc) is 3.19. The molecular formula is C18H23N3O2. The highest BCUT2D eigenvalue weighted by Crippen LogP contribution is 2.34. The Morgan fingerprint density at radius 3 is 2.74 bits per heavy atom. The summed E-state index contributed by atoms with van der Waals surface area (Å²) in [5, 5.41) is 3.05. The first-order chi connectivity index (χ1) is 11.1. The Labute approximate surface area is 136 Å². The maximum atomic E-state index is 12.4. The molecule has 0 radical (unpaired) electrons. The lowest BCUT2D eigenvalue weighted by Gasteiger charge is -2.24. The number of carbonyl (C=O) groups excluding carboxylic acids is 1. The van der Waals surface area contributed by atoms with Crippen molar-refractivity contribution in [3.8, 4) is 11.5 Å². The number of nitrogens with zero attached hydrogens (tertiary/aromatic N) is 2. The molecule has 1 aliphatic carbocycles. The van der Waals surface area contributed by atoms with Gasteiger partial charge in [-0.2, -0.15) is 0 Å². The van der Waals surface area contributed by atoms with E-state index in [1.54, 1.807) is 6.26 Å². The number of hydrogen-bond acceptors (Lipinski definition) is 4. The monoisotopic (exact) mass is 313 g/mol. The molecule has 122 valence electrons. The summed E-state index contributed by atoms with van der Waals surface area (Å²) in [5.41, 5.74) is 2.08. The van der Waals surface area contributed by atoms with Gasteiger partial charge in [-0.25, -0.2) is 4.98 Å². The van der Waals surface area contributed by atoms with E-state index in [-0.39, 0.29) is 5.91 Å². The average molecular weight is 313 g/mol. The van der Waals surface area contributed by atoms with Crippen molar-refractivity contribution in [2.24, 2.45) is 5.92 Å². The molecule has 0 unspecified atom stereocenters. The van der Waals surface area contributed by atoms with Gasteiger partial charge < -0.3 is 14.6 Å². The molecule has 0 bridgehead atoms. The molecular weight excluding hydrogens is 290 g/mol. The van der Waals surface area contributed by atoms with Gasteiger partial charge in [-0.1, -0.05) is 0 Å². The molecule has 1 atom stereocenters. The van der Waals surface area contributed by atoms with E-state index in [1.165, 1.54) is 12.8 Å². The minimum atomic E-state index is -0.0616. The van der Waals surface area contributed by atoms with E-state index >= 15 is 0 Å². The van der Waals surface area contributed by atoms with Crippen molar-refractivity contribution in [3.05, 3.63) is 41.8 Å². The number of carbonyl (C=O) groups is 1. The van der Waals surface area contributed by atoms with E-state index in [9.17, 15) is 4.79 Å². The predicted molar refractivity (Wildman–Crippen MR) is 89.2 cm³/mol. The molecule has 5 heteroatoms. The highest BCUT2D eigenvalue weighted by Gasteiger charge is 2.32. The van der Waals surface area contributed by atoms with E-state index in [0.29, 0.717) is 35.5 Å². The third-order valence-electron chi connectivity index (χ3n) is 4.41. The largest absolute Gasteiger partial charge is 0.463 e. The fourth-order valence-corrected chi connectivity index (χ4v) is 2.91. The van der Waals surface area contributed by atoms with Crippen molar-refractivity contribution in [1.29, 1.82) is 0 Å². The second kappa shape index (κ2) is 6.54. The normalized spacial score (nSPS) is 15.7. The lowest BCUT2D eigenvalue weighted by molar-refractivity contribution is 0.0938. The highest BCUT2D eigenvalue weighted by molar-refractivity contribution is 5.95. The Morgan fingerprint density at radius 1 is 1.39 bits per heavy atom.